The summed E-state index contributed by atoms with van der Waals surface area (Å²) in [7, 11) is 0. The molecule has 0 aromatic heterocycles. The van der Waals surface area contributed by atoms with Gasteiger partial charge in [0.25, 0.3) is 0 Å². The molecule has 8 heavy (non-hydrogen) atoms. The van der Waals surface area contributed by atoms with Gasteiger partial charge < -0.3 is 0 Å². The summed E-state index contributed by atoms with van der Waals surface area (Å²) in [6, 6.07) is 0. The number of hydrazone groups is 1. The molecule has 1 heterocycles. The van der Waals surface area contributed by atoms with Crippen LogP contribution in [0.2, 0.25) is 0 Å². The lowest BCUT2D eigenvalue weighted by molar-refractivity contribution is 0.362. The number of nitrogens with zero attached hydrogens (tertiary/aromatic N) is 2. The fraction of sp³-hybridized carbons (Fsp3) is 0.833. The third kappa shape index (κ3) is 1.22. The quantitative estimate of drug-likeness (QED) is 0.463. The van der Waals surface area contributed by atoms with Crippen molar-refractivity contribution in [2.75, 3.05) is 13.1 Å². The zero-order valence-corrected chi connectivity index (χ0v) is 5.30. The van der Waals surface area contributed by atoms with E-state index < -0.39 is 0 Å². The van der Waals surface area contributed by atoms with Gasteiger partial charge >= 0.3 is 0 Å². The van der Waals surface area contributed by atoms with Crippen LogP contribution in [0.25, 0.3) is 0 Å². The van der Waals surface area contributed by atoms with E-state index in [1.54, 1.807) is 0 Å². The van der Waals surface area contributed by atoms with E-state index in [0.29, 0.717) is 0 Å². The molecule has 0 atom stereocenters. The van der Waals surface area contributed by atoms with Crippen LogP contribution < -0.4 is 0 Å². The van der Waals surface area contributed by atoms with Gasteiger partial charge in [-0.05, 0) is 19.8 Å². The standard InChI is InChI=1S/C6H12N2/c1-2-7-8-5-3-4-6-8/h2H,3-6H2,1H3/b7-2+. The van der Waals surface area contributed by atoms with E-state index in [4.69, 9.17) is 0 Å². The summed E-state index contributed by atoms with van der Waals surface area (Å²) in [4.78, 5) is 0. The van der Waals surface area contributed by atoms with Crippen LogP contribution in [-0.2, 0) is 0 Å². The predicted octanol–water partition coefficient (Wildman–Crippen LogP) is 1.09. The molecular formula is C6H12N2. The van der Waals surface area contributed by atoms with Crippen molar-refractivity contribution in [3.63, 3.8) is 0 Å². The largest absolute Gasteiger partial charge is 0.297 e. The van der Waals surface area contributed by atoms with Crippen LogP contribution in [-0.4, -0.2) is 24.3 Å². The maximum atomic E-state index is 4.13. The molecule has 0 spiro atoms. The van der Waals surface area contributed by atoms with E-state index in [9.17, 15) is 0 Å². The van der Waals surface area contributed by atoms with Gasteiger partial charge in [0, 0.05) is 19.3 Å². The van der Waals surface area contributed by atoms with Crippen LogP contribution in [0.4, 0.5) is 0 Å². The lowest BCUT2D eigenvalue weighted by Crippen LogP contribution is -2.10. The Morgan fingerprint density at radius 1 is 1.38 bits per heavy atom. The Morgan fingerprint density at radius 3 is 2.50 bits per heavy atom. The molecule has 2 nitrogen and oxygen atoms in total. The Bertz CT molecular complexity index is 82.5. The highest BCUT2D eigenvalue weighted by molar-refractivity contribution is 5.52. The summed E-state index contributed by atoms with van der Waals surface area (Å²) in [5, 5.41) is 6.24. The summed E-state index contributed by atoms with van der Waals surface area (Å²) in [5.41, 5.74) is 0. The SMILES string of the molecule is C/C=N/N1CCCC1. The lowest BCUT2D eigenvalue weighted by Gasteiger charge is -2.06. The molecule has 0 aromatic carbocycles. The summed E-state index contributed by atoms with van der Waals surface area (Å²) in [6.45, 7) is 4.27. The smallest absolute Gasteiger partial charge is 0.0360 e. The first-order valence-electron chi connectivity index (χ1n) is 3.17. The molecule has 1 aliphatic heterocycles. The Kier molecular flexibility index (Phi) is 1.89. The van der Waals surface area contributed by atoms with Crippen molar-refractivity contribution < 1.29 is 0 Å². The van der Waals surface area contributed by atoms with Crippen LogP contribution in [0.5, 0.6) is 0 Å². The minimum atomic E-state index is 1.16. The summed E-state index contributed by atoms with van der Waals surface area (Å²) in [5.74, 6) is 0. The van der Waals surface area contributed by atoms with Crippen LogP contribution in [0.1, 0.15) is 19.8 Å². The maximum Gasteiger partial charge on any atom is 0.0360 e. The molecule has 2 heteroatoms. The topological polar surface area (TPSA) is 15.6 Å². The maximum absolute atomic E-state index is 4.13. The van der Waals surface area contributed by atoms with E-state index in [2.05, 4.69) is 10.1 Å². The second-order valence-electron chi connectivity index (χ2n) is 2.03. The minimum Gasteiger partial charge on any atom is -0.297 e. The molecule has 0 unspecified atom stereocenters. The summed E-state index contributed by atoms with van der Waals surface area (Å²) in [6.07, 6.45) is 4.49. The fourth-order valence-corrected chi connectivity index (χ4v) is 0.979. The zero-order valence-electron chi connectivity index (χ0n) is 5.30. The van der Waals surface area contributed by atoms with Gasteiger partial charge in [0.15, 0.2) is 0 Å². The summed E-state index contributed by atoms with van der Waals surface area (Å²) >= 11 is 0. The van der Waals surface area contributed by atoms with Crippen LogP contribution in [0.3, 0.4) is 0 Å². The lowest BCUT2D eigenvalue weighted by atomic mass is 10.4. The molecule has 0 aliphatic carbocycles. The van der Waals surface area contributed by atoms with Gasteiger partial charge in [-0.25, -0.2) is 0 Å². The minimum absolute atomic E-state index is 1.16. The van der Waals surface area contributed by atoms with Gasteiger partial charge in [0.05, 0.1) is 0 Å². The van der Waals surface area contributed by atoms with Gasteiger partial charge in [-0.1, -0.05) is 0 Å². The Hall–Kier alpha value is -0.530. The average Bonchev–Trinajstić information content (AvgIpc) is 2.19. The first kappa shape index (κ1) is 5.60. The second-order valence-corrected chi connectivity index (χ2v) is 2.03. The van der Waals surface area contributed by atoms with Crippen LogP contribution in [0.15, 0.2) is 5.10 Å². The average molecular weight is 112 g/mol. The Balaban J connectivity index is 2.24. The molecule has 1 rings (SSSR count). The molecule has 0 radical (unpaired) electrons. The molecular weight excluding hydrogens is 100 g/mol. The van der Waals surface area contributed by atoms with Crippen molar-refractivity contribution in [2.24, 2.45) is 5.10 Å². The molecule has 0 saturated carbocycles. The van der Waals surface area contributed by atoms with Crippen LogP contribution >= 0.6 is 0 Å². The van der Waals surface area contributed by atoms with Crippen molar-refractivity contribution in [1.82, 2.24) is 5.01 Å². The fourth-order valence-electron chi connectivity index (χ4n) is 0.979. The van der Waals surface area contributed by atoms with Crippen LogP contribution in [0, 0.1) is 0 Å². The highest BCUT2D eigenvalue weighted by Gasteiger charge is 2.06. The van der Waals surface area contributed by atoms with Crippen molar-refractivity contribution in [3.05, 3.63) is 0 Å². The number of hydrogen-bond acceptors (Lipinski definition) is 2. The number of hydrogen-bond donors (Lipinski definition) is 0. The molecule has 46 valence electrons. The van der Waals surface area contributed by atoms with Gasteiger partial charge in [0.1, 0.15) is 0 Å². The Labute approximate surface area is 50.2 Å². The first-order valence-corrected chi connectivity index (χ1v) is 3.17. The van der Waals surface area contributed by atoms with Gasteiger partial charge in [-0.15, -0.1) is 0 Å². The van der Waals surface area contributed by atoms with Crippen molar-refractivity contribution in [3.8, 4) is 0 Å². The van der Waals surface area contributed by atoms with Crippen molar-refractivity contribution in [1.29, 1.82) is 0 Å². The molecule has 0 amide bonds. The van der Waals surface area contributed by atoms with Gasteiger partial charge in [-0.2, -0.15) is 5.10 Å². The van der Waals surface area contributed by atoms with E-state index in [1.165, 1.54) is 12.8 Å². The second kappa shape index (κ2) is 2.70. The highest BCUT2D eigenvalue weighted by atomic mass is 15.4. The third-order valence-electron chi connectivity index (χ3n) is 1.36. The third-order valence-corrected chi connectivity index (χ3v) is 1.36. The first-order chi connectivity index (χ1) is 3.93. The number of rotatable bonds is 1. The highest BCUT2D eigenvalue weighted by Crippen LogP contribution is 2.05. The Morgan fingerprint density at radius 2 is 2.00 bits per heavy atom. The predicted molar refractivity (Wildman–Crippen MR) is 35.0 cm³/mol. The molecule has 1 fully saturated rings. The molecule has 0 N–H and O–H groups in total. The normalized spacial score (nSPS) is 20.9. The van der Waals surface area contributed by atoms with E-state index in [-0.39, 0.29) is 0 Å². The molecule has 1 aliphatic rings. The molecule has 1 saturated heterocycles. The van der Waals surface area contributed by atoms with Crippen molar-refractivity contribution in [2.45, 2.75) is 19.8 Å². The zero-order chi connectivity index (χ0) is 5.82. The monoisotopic (exact) mass is 112 g/mol. The van der Waals surface area contributed by atoms with Gasteiger partial charge in [-0.3, -0.25) is 5.01 Å². The molecule has 0 aromatic rings. The summed E-state index contributed by atoms with van der Waals surface area (Å²) < 4.78 is 0. The molecule has 0 bridgehead atoms. The van der Waals surface area contributed by atoms with Gasteiger partial charge in [0.2, 0.25) is 0 Å². The van der Waals surface area contributed by atoms with E-state index in [0.717, 1.165) is 13.1 Å². The van der Waals surface area contributed by atoms with E-state index >= 15 is 0 Å². The van der Waals surface area contributed by atoms with E-state index in [1.807, 2.05) is 13.1 Å². The van der Waals surface area contributed by atoms with Crippen molar-refractivity contribution >= 4 is 6.21 Å².